The second-order valence-electron chi connectivity index (χ2n) is 3.76. The normalized spacial score (nSPS) is 11.8. The SMILES string of the molecule is CCC=CC=Cc1cccc2ccccc12. The van der Waals surface area contributed by atoms with E-state index in [2.05, 4.69) is 73.7 Å². The van der Waals surface area contributed by atoms with E-state index in [9.17, 15) is 0 Å². The van der Waals surface area contributed by atoms with Gasteiger partial charge in [-0.3, -0.25) is 0 Å². The maximum Gasteiger partial charge on any atom is -0.0111 e. The van der Waals surface area contributed by atoms with E-state index in [1.807, 2.05) is 0 Å². The standard InChI is InChI=1S/C16H16/c1-2-3-4-5-9-14-11-8-12-15-10-6-7-13-16(14)15/h3-13H,2H2,1H3. The third-order valence-electron chi connectivity index (χ3n) is 2.58. The van der Waals surface area contributed by atoms with Gasteiger partial charge in [-0.25, -0.2) is 0 Å². The van der Waals surface area contributed by atoms with E-state index in [1.165, 1.54) is 16.3 Å². The number of hydrogen-bond donors (Lipinski definition) is 0. The van der Waals surface area contributed by atoms with Crippen molar-refractivity contribution in [3.05, 3.63) is 66.3 Å². The lowest BCUT2D eigenvalue weighted by Gasteiger charge is -2.00. The van der Waals surface area contributed by atoms with E-state index in [-0.39, 0.29) is 0 Å². The van der Waals surface area contributed by atoms with Crippen molar-refractivity contribution in [3.63, 3.8) is 0 Å². The quantitative estimate of drug-likeness (QED) is 0.634. The molecule has 2 aromatic rings. The van der Waals surface area contributed by atoms with Crippen LogP contribution in [-0.2, 0) is 0 Å². The van der Waals surface area contributed by atoms with Crippen LogP contribution in [0.5, 0.6) is 0 Å². The highest BCUT2D eigenvalue weighted by molar-refractivity contribution is 5.90. The summed E-state index contributed by atoms with van der Waals surface area (Å²) in [7, 11) is 0. The number of hydrogen-bond acceptors (Lipinski definition) is 0. The van der Waals surface area contributed by atoms with Crippen LogP contribution in [0.2, 0.25) is 0 Å². The highest BCUT2D eigenvalue weighted by Gasteiger charge is 1.94. The van der Waals surface area contributed by atoms with E-state index in [1.54, 1.807) is 0 Å². The number of benzene rings is 2. The third-order valence-corrected chi connectivity index (χ3v) is 2.58. The van der Waals surface area contributed by atoms with E-state index >= 15 is 0 Å². The largest absolute Gasteiger partial charge is 0.0848 e. The van der Waals surface area contributed by atoms with Gasteiger partial charge in [0.2, 0.25) is 0 Å². The Balaban J connectivity index is 2.37. The van der Waals surface area contributed by atoms with E-state index < -0.39 is 0 Å². The van der Waals surface area contributed by atoms with Crippen molar-refractivity contribution >= 4 is 16.8 Å². The predicted molar refractivity (Wildman–Crippen MR) is 72.4 cm³/mol. The Morgan fingerprint density at radius 3 is 2.62 bits per heavy atom. The van der Waals surface area contributed by atoms with Crippen LogP contribution >= 0.6 is 0 Å². The van der Waals surface area contributed by atoms with Crippen LogP contribution in [0.1, 0.15) is 18.9 Å². The van der Waals surface area contributed by atoms with Crippen molar-refractivity contribution < 1.29 is 0 Å². The van der Waals surface area contributed by atoms with Gasteiger partial charge < -0.3 is 0 Å². The van der Waals surface area contributed by atoms with Crippen molar-refractivity contribution in [2.75, 3.05) is 0 Å². The Hall–Kier alpha value is -1.82. The smallest absolute Gasteiger partial charge is 0.0111 e. The van der Waals surface area contributed by atoms with Gasteiger partial charge in [0.15, 0.2) is 0 Å². The number of rotatable bonds is 3. The highest BCUT2D eigenvalue weighted by Crippen LogP contribution is 2.19. The molecule has 0 fully saturated rings. The Labute approximate surface area is 96.9 Å². The molecule has 0 radical (unpaired) electrons. The molecule has 0 nitrogen and oxygen atoms in total. The molecule has 80 valence electrons. The van der Waals surface area contributed by atoms with Crippen LogP contribution in [0.4, 0.5) is 0 Å². The van der Waals surface area contributed by atoms with Crippen molar-refractivity contribution in [1.29, 1.82) is 0 Å². The molecule has 0 N–H and O–H groups in total. The van der Waals surface area contributed by atoms with Gasteiger partial charge in [-0.15, -0.1) is 0 Å². The van der Waals surface area contributed by atoms with Crippen LogP contribution in [-0.4, -0.2) is 0 Å². The first kappa shape index (κ1) is 10.7. The lowest BCUT2D eigenvalue weighted by molar-refractivity contribution is 1.22. The van der Waals surface area contributed by atoms with Gasteiger partial charge in [0.1, 0.15) is 0 Å². The van der Waals surface area contributed by atoms with E-state index in [0.717, 1.165) is 6.42 Å². The lowest BCUT2D eigenvalue weighted by atomic mass is 10.0. The van der Waals surface area contributed by atoms with Gasteiger partial charge in [-0.1, -0.05) is 73.7 Å². The molecule has 0 aliphatic carbocycles. The molecule has 0 heteroatoms. The molecule has 0 heterocycles. The fourth-order valence-electron chi connectivity index (χ4n) is 1.77. The first-order valence-electron chi connectivity index (χ1n) is 5.73. The minimum absolute atomic E-state index is 1.08. The van der Waals surface area contributed by atoms with Gasteiger partial charge in [-0.2, -0.15) is 0 Å². The van der Waals surface area contributed by atoms with Crippen LogP contribution < -0.4 is 0 Å². The molecule has 0 aliphatic rings. The zero-order valence-corrected chi connectivity index (χ0v) is 9.56. The monoisotopic (exact) mass is 208 g/mol. The molecule has 0 spiro atoms. The summed E-state index contributed by atoms with van der Waals surface area (Å²) >= 11 is 0. The van der Waals surface area contributed by atoms with Crippen LogP contribution in [0, 0.1) is 0 Å². The molecular weight excluding hydrogens is 192 g/mol. The van der Waals surface area contributed by atoms with Crippen LogP contribution in [0.15, 0.2) is 60.7 Å². The van der Waals surface area contributed by atoms with Crippen molar-refractivity contribution in [1.82, 2.24) is 0 Å². The second-order valence-corrected chi connectivity index (χ2v) is 3.76. The number of fused-ring (bicyclic) bond motifs is 1. The minimum atomic E-state index is 1.08. The Kier molecular flexibility index (Phi) is 3.55. The van der Waals surface area contributed by atoms with Crippen molar-refractivity contribution in [2.24, 2.45) is 0 Å². The molecule has 0 aliphatic heterocycles. The molecule has 0 amide bonds. The Bertz CT molecular complexity index is 513. The van der Waals surface area contributed by atoms with Gasteiger partial charge in [0, 0.05) is 0 Å². The molecule has 0 aromatic heterocycles. The second kappa shape index (κ2) is 5.32. The molecule has 0 atom stereocenters. The topological polar surface area (TPSA) is 0 Å². The number of allylic oxidation sites excluding steroid dienone is 3. The van der Waals surface area contributed by atoms with Gasteiger partial charge in [0.05, 0.1) is 0 Å². The molecular formula is C16H16. The first-order chi connectivity index (χ1) is 7.92. The van der Waals surface area contributed by atoms with E-state index in [4.69, 9.17) is 0 Å². The van der Waals surface area contributed by atoms with Gasteiger partial charge >= 0.3 is 0 Å². The summed E-state index contributed by atoms with van der Waals surface area (Å²) < 4.78 is 0. The third kappa shape index (κ3) is 2.40. The summed E-state index contributed by atoms with van der Waals surface area (Å²) in [4.78, 5) is 0. The summed E-state index contributed by atoms with van der Waals surface area (Å²) in [6, 6.07) is 14.9. The average molecular weight is 208 g/mol. The lowest BCUT2D eigenvalue weighted by Crippen LogP contribution is -1.76. The van der Waals surface area contributed by atoms with Crippen LogP contribution in [0.25, 0.3) is 16.8 Å². The summed E-state index contributed by atoms with van der Waals surface area (Å²) in [5.41, 5.74) is 1.28. The molecule has 0 unspecified atom stereocenters. The summed E-state index contributed by atoms with van der Waals surface area (Å²) in [6.07, 6.45) is 9.60. The Morgan fingerprint density at radius 1 is 0.938 bits per heavy atom. The van der Waals surface area contributed by atoms with E-state index in [0.29, 0.717) is 0 Å². The van der Waals surface area contributed by atoms with Gasteiger partial charge in [-0.05, 0) is 22.8 Å². The maximum absolute atomic E-state index is 2.17. The zero-order chi connectivity index (χ0) is 11.2. The zero-order valence-electron chi connectivity index (χ0n) is 9.56. The van der Waals surface area contributed by atoms with Crippen molar-refractivity contribution in [2.45, 2.75) is 13.3 Å². The molecule has 2 aromatic carbocycles. The fourth-order valence-corrected chi connectivity index (χ4v) is 1.77. The summed E-state index contributed by atoms with van der Waals surface area (Å²) in [5, 5.41) is 2.61. The average Bonchev–Trinajstić information content (AvgIpc) is 2.35. The maximum atomic E-state index is 2.17. The molecule has 16 heavy (non-hydrogen) atoms. The summed E-state index contributed by atoms with van der Waals surface area (Å²) in [6.45, 7) is 2.14. The highest BCUT2D eigenvalue weighted by atomic mass is 14.0. The van der Waals surface area contributed by atoms with Crippen molar-refractivity contribution in [3.8, 4) is 0 Å². The fraction of sp³-hybridized carbons (Fsp3) is 0.125. The molecule has 0 saturated heterocycles. The predicted octanol–water partition coefficient (Wildman–Crippen LogP) is 4.82. The molecule has 2 rings (SSSR count). The van der Waals surface area contributed by atoms with Crippen LogP contribution in [0.3, 0.4) is 0 Å². The van der Waals surface area contributed by atoms with Gasteiger partial charge in [0.25, 0.3) is 0 Å². The summed E-state index contributed by atoms with van der Waals surface area (Å²) in [5.74, 6) is 0. The Morgan fingerprint density at radius 2 is 1.75 bits per heavy atom. The molecule has 0 bridgehead atoms. The first-order valence-corrected chi connectivity index (χ1v) is 5.73. The minimum Gasteiger partial charge on any atom is -0.0848 e. The molecule has 0 saturated carbocycles.